The molecule has 1 aromatic heterocycles. The number of nitrogens with zero attached hydrogens (tertiary/aromatic N) is 3. The van der Waals surface area contributed by atoms with Crippen LogP contribution in [0.5, 0.6) is 0 Å². The van der Waals surface area contributed by atoms with Gasteiger partial charge in [-0.25, -0.2) is 0 Å². The van der Waals surface area contributed by atoms with E-state index in [-0.39, 0.29) is 5.84 Å². The molecule has 0 amide bonds. The summed E-state index contributed by atoms with van der Waals surface area (Å²) in [5.74, 6) is 0.158. The first-order chi connectivity index (χ1) is 10.2. The van der Waals surface area contributed by atoms with E-state index in [4.69, 9.17) is 10.9 Å². The number of oxime groups is 1. The highest BCUT2D eigenvalue weighted by molar-refractivity contribution is 6.02. The monoisotopic (exact) mass is 288 g/mol. The summed E-state index contributed by atoms with van der Waals surface area (Å²) in [4.78, 5) is 6.54. The minimum atomic E-state index is 0.158. The van der Waals surface area contributed by atoms with Gasteiger partial charge in [-0.1, -0.05) is 24.4 Å². The van der Waals surface area contributed by atoms with E-state index in [0.29, 0.717) is 5.41 Å². The lowest BCUT2D eigenvalue weighted by atomic mass is 9.68. The smallest absolute Gasteiger partial charge is 0.172 e. The Morgan fingerprint density at radius 2 is 1.90 bits per heavy atom. The van der Waals surface area contributed by atoms with Crippen molar-refractivity contribution in [3.8, 4) is 0 Å². The van der Waals surface area contributed by atoms with Crippen molar-refractivity contribution in [2.24, 2.45) is 16.3 Å². The van der Waals surface area contributed by atoms with E-state index in [0.717, 1.165) is 24.3 Å². The summed E-state index contributed by atoms with van der Waals surface area (Å²) in [7, 11) is 0. The fraction of sp³-hybridized carbons (Fsp3) is 0.625. The number of hydrogen-bond acceptors (Lipinski definition) is 4. The lowest BCUT2D eigenvalue weighted by Gasteiger charge is -2.45. The molecule has 5 nitrogen and oxygen atoms in total. The van der Waals surface area contributed by atoms with E-state index >= 15 is 0 Å². The molecule has 2 aliphatic rings. The minimum Gasteiger partial charge on any atom is -0.409 e. The van der Waals surface area contributed by atoms with Gasteiger partial charge in [0, 0.05) is 24.8 Å². The van der Waals surface area contributed by atoms with Gasteiger partial charge in [0.25, 0.3) is 0 Å². The number of nitrogens with two attached hydrogens (primary N) is 1. The van der Waals surface area contributed by atoms with Crippen molar-refractivity contribution in [1.29, 1.82) is 0 Å². The van der Waals surface area contributed by atoms with E-state index in [1.54, 1.807) is 6.20 Å². The second kappa shape index (κ2) is 5.92. The third kappa shape index (κ3) is 2.82. The zero-order valence-electron chi connectivity index (χ0n) is 12.5. The third-order valence-corrected chi connectivity index (χ3v) is 5.26. The Kier molecular flexibility index (Phi) is 3.99. The van der Waals surface area contributed by atoms with Crippen LogP contribution >= 0.6 is 0 Å². The van der Waals surface area contributed by atoms with Crippen LogP contribution in [0.4, 0.5) is 5.69 Å². The molecule has 0 unspecified atom stereocenters. The summed E-state index contributed by atoms with van der Waals surface area (Å²) in [6.07, 6.45) is 13.0. The van der Waals surface area contributed by atoms with E-state index in [9.17, 15) is 0 Å². The molecular weight excluding hydrogens is 264 g/mol. The maximum atomic E-state index is 8.93. The normalized spacial score (nSPS) is 22.5. The van der Waals surface area contributed by atoms with Gasteiger partial charge in [-0.15, -0.1) is 0 Å². The van der Waals surface area contributed by atoms with Gasteiger partial charge in [0.05, 0.1) is 11.9 Å². The summed E-state index contributed by atoms with van der Waals surface area (Å²) in [6, 6.07) is 1.81. The number of anilines is 1. The largest absolute Gasteiger partial charge is 0.409 e. The molecular formula is C16H24N4O. The molecule has 0 aromatic carbocycles. The Balaban J connectivity index is 1.75. The van der Waals surface area contributed by atoms with Gasteiger partial charge in [-0.3, -0.25) is 4.98 Å². The summed E-state index contributed by atoms with van der Waals surface area (Å²) < 4.78 is 0. The highest BCUT2D eigenvalue weighted by atomic mass is 16.4. The van der Waals surface area contributed by atoms with Crippen molar-refractivity contribution < 1.29 is 5.21 Å². The van der Waals surface area contributed by atoms with Crippen LogP contribution < -0.4 is 10.6 Å². The van der Waals surface area contributed by atoms with Crippen LogP contribution in [0.15, 0.2) is 23.6 Å². The van der Waals surface area contributed by atoms with Gasteiger partial charge >= 0.3 is 0 Å². The van der Waals surface area contributed by atoms with Crippen LogP contribution in [0.1, 0.15) is 50.5 Å². The molecule has 1 saturated carbocycles. The first-order valence-electron chi connectivity index (χ1n) is 7.91. The molecule has 5 heteroatoms. The summed E-state index contributed by atoms with van der Waals surface area (Å²) in [6.45, 7) is 2.08. The van der Waals surface area contributed by atoms with Crippen molar-refractivity contribution in [1.82, 2.24) is 4.98 Å². The van der Waals surface area contributed by atoms with Crippen LogP contribution in [0.2, 0.25) is 0 Å². The number of amidine groups is 1. The molecule has 1 saturated heterocycles. The van der Waals surface area contributed by atoms with Gasteiger partial charge in [0.1, 0.15) is 0 Å². The zero-order chi connectivity index (χ0) is 14.7. The molecule has 2 heterocycles. The van der Waals surface area contributed by atoms with Crippen LogP contribution in [-0.2, 0) is 0 Å². The predicted octanol–water partition coefficient (Wildman–Crippen LogP) is 2.73. The van der Waals surface area contributed by atoms with Crippen LogP contribution in [0.3, 0.4) is 0 Å². The maximum absolute atomic E-state index is 8.93. The highest BCUT2D eigenvalue weighted by Gasteiger charge is 2.36. The fourth-order valence-electron chi connectivity index (χ4n) is 3.93. The topological polar surface area (TPSA) is 74.7 Å². The Morgan fingerprint density at radius 1 is 1.19 bits per heavy atom. The van der Waals surface area contributed by atoms with E-state index < -0.39 is 0 Å². The van der Waals surface area contributed by atoms with Crippen LogP contribution in [-0.4, -0.2) is 29.1 Å². The Hall–Kier alpha value is -1.78. The second-order valence-electron chi connectivity index (χ2n) is 6.43. The molecule has 3 rings (SSSR count). The average molecular weight is 288 g/mol. The molecule has 1 aromatic rings. The summed E-state index contributed by atoms with van der Waals surface area (Å²) in [5, 5.41) is 12.1. The number of hydrogen-bond donors (Lipinski definition) is 2. The van der Waals surface area contributed by atoms with Gasteiger partial charge < -0.3 is 15.8 Å². The second-order valence-corrected chi connectivity index (χ2v) is 6.43. The third-order valence-electron chi connectivity index (χ3n) is 5.26. The minimum absolute atomic E-state index is 0.158. The van der Waals surface area contributed by atoms with Crippen LogP contribution in [0, 0.1) is 5.41 Å². The molecule has 0 radical (unpaired) electrons. The summed E-state index contributed by atoms with van der Waals surface area (Å²) in [5.41, 5.74) is 8.12. The number of piperidine rings is 1. The molecule has 1 aliphatic carbocycles. The van der Waals surface area contributed by atoms with Gasteiger partial charge in [-0.05, 0) is 37.2 Å². The maximum Gasteiger partial charge on any atom is 0.172 e. The predicted molar refractivity (Wildman–Crippen MR) is 83.7 cm³/mol. The lowest BCUT2D eigenvalue weighted by molar-refractivity contribution is 0.144. The van der Waals surface area contributed by atoms with Crippen molar-refractivity contribution in [2.45, 2.75) is 44.9 Å². The van der Waals surface area contributed by atoms with Crippen molar-refractivity contribution in [3.63, 3.8) is 0 Å². The highest BCUT2D eigenvalue weighted by Crippen LogP contribution is 2.45. The van der Waals surface area contributed by atoms with Crippen LogP contribution in [0.25, 0.3) is 0 Å². The molecule has 2 fully saturated rings. The molecule has 114 valence electrons. The molecule has 21 heavy (non-hydrogen) atoms. The number of pyridine rings is 1. The average Bonchev–Trinajstić information content (AvgIpc) is 2.56. The quantitative estimate of drug-likeness (QED) is 0.380. The Morgan fingerprint density at radius 3 is 2.57 bits per heavy atom. The van der Waals surface area contributed by atoms with Gasteiger partial charge in [0.2, 0.25) is 0 Å². The number of rotatable bonds is 2. The van der Waals surface area contributed by atoms with E-state index in [2.05, 4.69) is 15.0 Å². The van der Waals surface area contributed by atoms with Crippen molar-refractivity contribution >= 4 is 11.5 Å². The molecule has 3 N–H and O–H groups in total. The van der Waals surface area contributed by atoms with Gasteiger partial charge in [-0.2, -0.15) is 0 Å². The molecule has 0 atom stereocenters. The number of aromatic nitrogens is 1. The Bertz CT molecular complexity index is 513. The van der Waals surface area contributed by atoms with E-state index in [1.807, 2.05) is 12.3 Å². The molecule has 0 bridgehead atoms. The molecule has 1 aliphatic heterocycles. The fourth-order valence-corrected chi connectivity index (χ4v) is 3.93. The van der Waals surface area contributed by atoms with Gasteiger partial charge in [0.15, 0.2) is 5.84 Å². The lowest BCUT2D eigenvalue weighted by Crippen LogP contribution is -2.41. The zero-order valence-corrected chi connectivity index (χ0v) is 12.5. The van der Waals surface area contributed by atoms with Crippen molar-refractivity contribution in [2.75, 3.05) is 18.0 Å². The standard InChI is InChI=1S/C16H24N4O/c17-15(19-21)13-4-9-18-12-14(13)20-10-7-16(8-11-20)5-2-1-3-6-16/h4,9,12,21H,1-3,5-8,10-11H2,(H2,17,19). The first kappa shape index (κ1) is 14.2. The van der Waals surface area contributed by atoms with E-state index in [1.165, 1.54) is 44.9 Å². The summed E-state index contributed by atoms with van der Waals surface area (Å²) >= 11 is 0. The SMILES string of the molecule is N/C(=N/O)c1ccncc1N1CCC2(CCCCC2)CC1. The molecule has 1 spiro atoms. The first-order valence-corrected chi connectivity index (χ1v) is 7.91. The Labute approximate surface area is 125 Å². The van der Waals surface area contributed by atoms with Crippen molar-refractivity contribution in [3.05, 3.63) is 24.0 Å².